The minimum absolute atomic E-state index is 0.465. The Bertz CT molecular complexity index is 891. The number of nitrogens with zero attached hydrogens (tertiary/aromatic N) is 1. The SMILES string of the molecule is CC(/C=C/c1ccco1)=N\NC(=O)C(O)(c1ccccc1)c1ccccc1. The molecule has 0 saturated carbocycles. The van der Waals surface area contributed by atoms with E-state index in [-0.39, 0.29) is 0 Å². The lowest BCUT2D eigenvalue weighted by Gasteiger charge is -2.27. The van der Waals surface area contributed by atoms with Gasteiger partial charge in [-0.05, 0) is 42.3 Å². The van der Waals surface area contributed by atoms with E-state index in [2.05, 4.69) is 10.5 Å². The van der Waals surface area contributed by atoms with Crippen molar-refractivity contribution in [3.05, 3.63) is 102 Å². The van der Waals surface area contributed by atoms with Crippen LogP contribution >= 0.6 is 0 Å². The topological polar surface area (TPSA) is 74.8 Å². The molecule has 0 spiro atoms. The smallest absolute Gasteiger partial charge is 0.281 e. The van der Waals surface area contributed by atoms with E-state index in [0.29, 0.717) is 22.6 Å². The lowest BCUT2D eigenvalue weighted by Crippen LogP contribution is -2.43. The molecule has 0 aliphatic heterocycles. The highest BCUT2D eigenvalue weighted by molar-refractivity contribution is 5.97. The van der Waals surface area contributed by atoms with E-state index in [9.17, 15) is 9.90 Å². The predicted molar refractivity (Wildman–Crippen MR) is 105 cm³/mol. The molecule has 1 heterocycles. The molecule has 27 heavy (non-hydrogen) atoms. The van der Waals surface area contributed by atoms with E-state index in [1.54, 1.807) is 79.9 Å². The Morgan fingerprint density at radius 2 is 1.59 bits per heavy atom. The van der Waals surface area contributed by atoms with Crippen molar-refractivity contribution in [2.45, 2.75) is 12.5 Å². The molecular formula is C22H20N2O3. The van der Waals surface area contributed by atoms with Crippen LogP contribution in [0, 0.1) is 0 Å². The molecule has 3 rings (SSSR count). The zero-order valence-electron chi connectivity index (χ0n) is 14.9. The van der Waals surface area contributed by atoms with Gasteiger partial charge < -0.3 is 9.52 Å². The Hall–Kier alpha value is -3.44. The van der Waals surface area contributed by atoms with Gasteiger partial charge in [0.2, 0.25) is 0 Å². The number of nitrogens with one attached hydrogen (secondary N) is 1. The minimum atomic E-state index is -1.85. The number of furan rings is 1. The van der Waals surface area contributed by atoms with Crippen LogP contribution in [0.4, 0.5) is 0 Å². The van der Waals surface area contributed by atoms with Gasteiger partial charge in [-0.2, -0.15) is 5.10 Å². The number of carbonyl (C=O) groups excluding carboxylic acids is 1. The van der Waals surface area contributed by atoms with E-state index < -0.39 is 11.5 Å². The van der Waals surface area contributed by atoms with Gasteiger partial charge in [0.05, 0.1) is 12.0 Å². The fraction of sp³-hybridized carbons (Fsp3) is 0.0909. The van der Waals surface area contributed by atoms with Gasteiger partial charge >= 0.3 is 0 Å². The van der Waals surface area contributed by atoms with Crippen molar-refractivity contribution in [1.82, 2.24) is 5.43 Å². The first-order valence-corrected chi connectivity index (χ1v) is 8.50. The summed E-state index contributed by atoms with van der Waals surface area (Å²) in [5.41, 5.74) is 2.11. The summed E-state index contributed by atoms with van der Waals surface area (Å²) in [6, 6.07) is 21.2. The third-order valence-electron chi connectivity index (χ3n) is 4.08. The zero-order valence-corrected chi connectivity index (χ0v) is 14.9. The molecule has 0 atom stereocenters. The van der Waals surface area contributed by atoms with Crippen molar-refractivity contribution in [3.63, 3.8) is 0 Å². The Labute approximate surface area is 157 Å². The fourth-order valence-electron chi connectivity index (χ4n) is 2.63. The number of hydrogen-bond donors (Lipinski definition) is 2. The summed E-state index contributed by atoms with van der Waals surface area (Å²) in [5.74, 6) is 0.0478. The molecule has 0 aliphatic carbocycles. The van der Waals surface area contributed by atoms with Crippen LogP contribution < -0.4 is 5.43 Å². The number of hydrazone groups is 1. The van der Waals surface area contributed by atoms with Crippen LogP contribution in [0.2, 0.25) is 0 Å². The van der Waals surface area contributed by atoms with Crippen molar-refractivity contribution in [1.29, 1.82) is 0 Å². The Kier molecular flexibility index (Phi) is 5.64. The molecule has 2 aromatic carbocycles. The summed E-state index contributed by atoms with van der Waals surface area (Å²) in [5, 5.41) is 15.4. The minimum Gasteiger partial charge on any atom is -0.465 e. The molecule has 136 valence electrons. The molecular weight excluding hydrogens is 340 g/mol. The van der Waals surface area contributed by atoms with Gasteiger partial charge in [0.1, 0.15) is 5.76 Å². The van der Waals surface area contributed by atoms with Gasteiger partial charge in [0.15, 0.2) is 5.60 Å². The lowest BCUT2D eigenvalue weighted by molar-refractivity contribution is -0.136. The van der Waals surface area contributed by atoms with Crippen LogP contribution in [0.5, 0.6) is 0 Å². The third kappa shape index (κ3) is 4.22. The van der Waals surface area contributed by atoms with E-state index in [0.717, 1.165) is 0 Å². The average Bonchev–Trinajstić information content (AvgIpc) is 3.25. The number of rotatable bonds is 6. The summed E-state index contributed by atoms with van der Waals surface area (Å²) in [7, 11) is 0. The van der Waals surface area contributed by atoms with E-state index in [1.165, 1.54) is 0 Å². The van der Waals surface area contributed by atoms with Crippen molar-refractivity contribution in [2.75, 3.05) is 0 Å². The maximum absolute atomic E-state index is 12.9. The van der Waals surface area contributed by atoms with Crippen molar-refractivity contribution in [2.24, 2.45) is 5.10 Å². The number of carbonyl (C=O) groups is 1. The number of amides is 1. The highest BCUT2D eigenvalue weighted by Gasteiger charge is 2.39. The second kappa shape index (κ2) is 8.29. The van der Waals surface area contributed by atoms with Gasteiger partial charge in [-0.25, -0.2) is 5.43 Å². The predicted octanol–water partition coefficient (Wildman–Crippen LogP) is 3.72. The maximum atomic E-state index is 12.9. The molecule has 0 fully saturated rings. The zero-order chi connectivity index (χ0) is 19.1. The second-order valence-corrected chi connectivity index (χ2v) is 5.99. The Morgan fingerprint density at radius 1 is 1.00 bits per heavy atom. The maximum Gasteiger partial charge on any atom is 0.281 e. The van der Waals surface area contributed by atoms with E-state index in [4.69, 9.17) is 4.42 Å². The van der Waals surface area contributed by atoms with Gasteiger partial charge in [-0.1, -0.05) is 60.7 Å². The van der Waals surface area contributed by atoms with Crippen LogP contribution in [0.25, 0.3) is 6.08 Å². The Balaban J connectivity index is 1.85. The first-order valence-electron chi connectivity index (χ1n) is 8.50. The third-order valence-corrected chi connectivity index (χ3v) is 4.08. The largest absolute Gasteiger partial charge is 0.465 e. The first-order chi connectivity index (χ1) is 13.1. The number of aliphatic hydroxyl groups is 1. The highest BCUT2D eigenvalue weighted by Crippen LogP contribution is 2.29. The molecule has 0 unspecified atom stereocenters. The van der Waals surface area contributed by atoms with Gasteiger partial charge in [-0.3, -0.25) is 4.79 Å². The molecule has 0 saturated heterocycles. The standard InChI is InChI=1S/C22H20N2O3/c1-17(14-15-20-13-8-16-27-20)23-24-21(25)22(26,18-9-4-2-5-10-18)19-11-6-3-7-12-19/h2-16,26H,1H3,(H,24,25)/b15-14+,23-17+. The molecule has 3 aromatic rings. The molecule has 1 aromatic heterocycles. The van der Waals surface area contributed by atoms with Crippen molar-refractivity contribution < 1.29 is 14.3 Å². The summed E-state index contributed by atoms with van der Waals surface area (Å²) in [6.07, 6.45) is 5.03. The van der Waals surface area contributed by atoms with Crippen LogP contribution in [0.3, 0.4) is 0 Å². The van der Waals surface area contributed by atoms with Crippen molar-refractivity contribution in [3.8, 4) is 0 Å². The van der Waals surface area contributed by atoms with Crippen LogP contribution in [0.1, 0.15) is 23.8 Å². The number of hydrogen-bond acceptors (Lipinski definition) is 4. The van der Waals surface area contributed by atoms with Crippen LogP contribution in [0.15, 0.2) is 94.7 Å². The molecule has 5 heteroatoms. The second-order valence-electron chi connectivity index (χ2n) is 5.99. The molecule has 5 nitrogen and oxygen atoms in total. The van der Waals surface area contributed by atoms with Crippen LogP contribution in [-0.2, 0) is 10.4 Å². The molecule has 0 aliphatic rings. The highest BCUT2D eigenvalue weighted by atomic mass is 16.3. The molecule has 0 radical (unpaired) electrons. The number of allylic oxidation sites excluding steroid dienone is 1. The molecule has 2 N–H and O–H groups in total. The first kappa shape index (κ1) is 18.4. The molecule has 1 amide bonds. The lowest BCUT2D eigenvalue weighted by atomic mass is 9.85. The summed E-state index contributed by atoms with van der Waals surface area (Å²) < 4.78 is 5.21. The molecule has 0 bridgehead atoms. The van der Waals surface area contributed by atoms with E-state index >= 15 is 0 Å². The van der Waals surface area contributed by atoms with E-state index in [1.807, 2.05) is 18.2 Å². The summed E-state index contributed by atoms with van der Waals surface area (Å²) >= 11 is 0. The van der Waals surface area contributed by atoms with Gasteiger partial charge in [0.25, 0.3) is 5.91 Å². The fourth-order valence-corrected chi connectivity index (χ4v) is 2.63. The van der Waals surface area contributed by atoms with Gasteiger partial charge in [-0.15, -0.1) is 0 Å². The van der Waals surface area contributed by atoms with Crippen LogP contribution in [-0.4, -0.2) is 16.7 Å². The number of benzene rings is 2. The summed E-state index contributed by atoms with van der Waals surface area (Å²) in [4.78, 5) is 12.9. The monoisotopic (exact) mass is 360 g/mol. The normalized spacial score (nSPS) is 12.3. The Morgan fingerprint density at radius 3 is 2.11 bits per heavy atom. The average molecular weight is 360 g/mol. The van der Waals surface area contributed by atoms with Crippen molar-refractivity contribution >= 4 is 17.7 Å². The van der Waals surface area contributed by atoms with Gasteiger partial charge in [0, 0.05) is 0 Å². The summed E-state index contributed by atoms with van der Waals surface area (Å²) in [6.45, 7) is 1.74. The quantitative estimate of drug-likeness (QED) is 0.520.